The van der Waals surface area contributed by atoms with E-state index < -0.39 is 0 Å². The van der Waals surface area contributed by atoms with E-state index >= 15 is 0 Å². The van der Waals surface area contributed by atoms with E-state index in [0.29, 0.717) is 10.8 Å². The van der Waals surface area contributed by atoms with Crippen LogP contribution in [0.25, 0.3) is 0 Å². The molecule has 0 aromatic heterocycles. The van der Waals surface area contributed by atoms with Crippen LogP contribution in [0.1, 0.15) is 88.2 Å². The van der Waals surface area contributed by atoms with E-state index in [1.54, 1.807) is 0 Å². The molecule has 8 aliphatic rings. The van der Waals surface area contributed by atoms with Crippen molar-refractivity contribution in [2.24, 2.45) is 46.3 Å². The first-order valence-corrected chi connectivity index (χ1v) is 12.8. The molecule has 0 N–H and O–H groups in total. The summed E-state index contributed by atoms with van der Waals surface area (Å²) in [5, 5.41) is 0. The van der Waals surface area contributed by atoms with E-state index in [9.17, 15) is 0 Å². The maximum Gasteiger partial charge on any atom is 0.0326 e. The van der Waals surface area contributed by atoms with Crippen LogP contribution in [-0.4, -0.2) is 0 Å². The topological polar surface area (TPSA) is 0 Å². The first-order valence-electron chi connectivity index (χ1n) is 12.8. The standard InChI is InChI=1S/C30H34/c1-2-22(6-8-30-18-26-12-27(19-30)14-28(13-26)20-30)4-3-21(1)5-7-29-15-23-9-24(16-29)11-25(10-23)17-29/h1-4,23-28H,9-20H2. The lowest BCUT2D eigenvalue weighted by molar-refractivity contribution is -0.0182. The van der Waals surface area contributed by atoms with Gasteiger partial charge in [-0.1, -0.05) is 23.7 Å². The minimum atomic E-state index is 0.353. The van der Waals surface area contributed by atoms with Crippen LogP contribution >= 0.6 is 0 Å². The highest BCUT2D eigenvalue weighted by Crippen LogP contribution is 2.60. The summed E-state index contributed by atoms with van der Waals surface area (Å²) in [6.45, 7) is 0. The summed E-state index contributed by atoms with van der Waals surface area (Å²) in [6, 6.07) is 8.88. The van der Waals surface area contributed by atoms with Crippen LogP contribution in [-0.2, 0) is 0 Å². The zero-order valence-corrected chi connectivity index (χ0v) is 18.3. The normalized spacial score (nSPS) is 46.8. The van der Waals surface area contributed by atoms with Crippen molar-refractivity contribution in [2.45, 2.75) is 77.0 Å². The van der Waals surface area contributed by atoms with Gasteiger partial charge in [-0.05, 0) is 137 Å². The van der Waals surface area contributed by atoms with Crippen molar-refractivity contribution in [3.05, 3.63) is 35.4 Å². The van der Waals surface area contributed by atoms with Crippen LogP contribution < -0.4 is 0 Å². The Kier molecular flexibility index (Phi) is 3.85. The fraction of sp³-hybridized carbons (Fsp3) is 0.667. The molecule has 30 heavy (non-hydrogen) atoms. The molecule has 1 aromatic carbocycles. The molecule has 9 rings (SSSR count). The highest BCUT2D eigenvalue weighted by molar-refractivity contribution is 5.43. The minimum Gasteiger partial charge on any atom is -0.0911 e. The second-order valence-corrected chi connectivity index (χ2v) is 12.5. The van der Waals surface area contributed by atoms with Gasteiger partial charge in [0, 0.05) is 22.0 Å². The highest BCUT2D eigenvalue weighted by Gasteiger charge is 2.51. The molecule has 0 radical (unpaired) electrons. The van der Waals surface area contributed by atoms with E-state index in [4.69, 9.17) is 0 Å². The van der Waals surface area contributed by atoms with Gasteiger partial charge in [0.1, 0.15) is 0 Å². The molecule has 1 aromatic rings. The van der Waals surface area contributed by atoms with Crippen molar-refractivity contribution >= 4 is 0 Å². The lowest BCUT2D eigenvalue weighted by atomic mass is 9.50. The van der Waals surface area contributed by atoms with Crippen molar-refractivity contribution in [3.63, 3.8) is 0 Å². The van der Waals surface area contributed by atoms with Crippen molar-refractivity contribution < 1.29 is 0 Å². The predicted octanol–water partition coefficient (Wildman–Crippen LogP) is 6.82. The maximum atomic E-state index is 3.80. The van der Waals surface area contributed by atoms with E-state index in [0.717, 1.165) is 35.5 Å². The average Bonchev–Trinajstić information content (AvgIpc) is 2.70. The zero-order valence-electron chi connectivity index (χ0n) is 18.3. The first kappa shape index (κ1) is 18.0. The van der Waals surface area contributed by atoms with E-state index in [-0.39, 0.29) is 0 Å². The van der Waals surface area contributed by atoms with Gasteiger partial charge in [-0.25, -0.2) is 0 Å². The first-order chi connectivity index (χ1) is 14.6. The molecule has 8 fully saturated rings. The molecule has 0 nitrogen and oxygen atoms in total. The Morgan fingerprint density at radius 3 is 1.00 bits per heavy atom. The molecule has 0 heteroatoms. The molecule has 8 bridgehead atoms. The molecular formula is C30H34. The molecule has 8 saturated carbocycles. The Morgan fingerprint density at radius 2 is 0.733 bits per heavy atom. The molecule has 0 aliphatic heterocycles. The number of rotatable bonds is 0. The van der Waals surface area contributed by atoms with Gasteiger partial charge in [-0.2, -0.15) is 0 Å². The summed E-state index contributed by atoms with van der Waals surface area (Å²) < 4.78 is 0. The summed E-state index contributed by atoms with van der Waals surface area (Å²) in [5.74, 6) is 20.6. The van der Waals surface area contributed by atoms with Gasteiger partial charge in [0.05, 0.1) is 0 Å². The van der Waals surface area contributed by atoms with Gasteiger partial charge in [0.15, 0.2) is 0 Å². The van der Waals surface area contributed by atoms with Crippen molar-refractivity contribution in [1.82, 2.24) is 0 Å². The van der Waals surface area contributed by atoms with E-state index in [2.05, 4.69) is 47.9 Å². The van der Waals surface area contributed by atoms with Gasteiger partial charge in [0.2, 0.25) is 0 Å². The van der Waals surface area contributed by atoms with Gasteiger partial charge < -0.3 is 0 Å². The fourth-order valence-electron chi connectivity index (χ4n) is 9.57. The van der Waals surface area contributed by atoms with E-state index in [1.807, 2.05) is 0 Å². The van der Waals surface area contributed by atoms with Crippen LogP contribution in [0.5, 0.6) is 0 Å². The van der Waals surface area contributed by atoms with Gasteiger partial charge in [-0.3, -0.25) is 0 Å². The lowest BCUT2D eigenvalue weighted by Gasteiger charge is -2.54. The van der Waals surface area contributed by atoms with Crippen molar-refractivity contribution in [1.29, 1.82) is 0 Å². The summed E-state index contributed by atoms with van der Waals surface area (Å²) in [6.07, 6.45) is 17.2. The van der Waals surface area contributed by atoms with Gasteiger partial charge in [0.25, 0.3) is 0 Å². The Balaban J connectivity index is 1.08. The molecule has 8 aliphatic carbocycles. The van der Waals surface area contributed by atoms with Gasteiger partial charge >= 0.3 is 0 Å². The lowest BCUT2D eigenvalue weighted by Crippen LogP contribution is -2.45. The van der Waals surface area contributed by atoms with Crippen LogP contribution in [0, 0.1) is 70.0 Å². The second kappa shape index (κ2) is 6.42. The monoisotopic (exact) mass is 394 g/mol. The molecule has 0 spiro atoms. The largest absolute Gasteiger partial charge is 0.0911 e. The molecule has 154 valence electrons. The predicted molar refractivity (Wildman–Crippen MR) is 121 cm³/mol. The van der Waals surface area contributed by atoms with Crippen LogP contribution in [0.3, 0.4) is 0 Å². The molecule has 0 atom stereocenters. The van der Waals surface area contributed by atoms with E-state index in [1.165, 1.54) is 88.2 Å². The van der Waals surface area contributed by atoms with Crippen LogP contribution in [0.15, 0.2) is 24.3 Å². The SMILES string of the molecule is C(#CC12CC3CC(CC(C3)C1)C2)c1ccc(C#CC23CC4CC(CC(C4)C2)C3)cc1. The summed E-state index contributed by atoms with van der Waals surface area (Å²) in [7, 11) is 0. The zero-order chi connectivity index (χ0) is 19.8. The molecule has 0 heterocycles. The summed E-state index contributed by atoms with van der Waals surface area (Å²) >= 11 is 0. The third-order valence-corrected chi connectivity index (χ3v) is 9.91. The maximum absolute atomic E-state index is 3.80. The highest BCUT2D eigenvalue weighted by atomic mass is 14.5. The Morgan fingerprint density at radius 1 is 0.467 bits per heavy atom. The van der Waals surface area contributed by atoms with Crippen molar-refractivity contribution in [2.75, 3.05) is 0 Å². The van der Waals surface area contributed by atoms with Gasteiger partial charge in [-0.15, -0.1) is 0 Å². The Labute approximate surface area is 182 Å². The number of hydrogen-bond donors (Lipinski definition) is 0. The van der Waals surface area contributed by atoms with Crippen LogP contribution in [0.4, 0.5) is 0 Å². The van der Waals surface area contributed by atoms with Crippen molar-refractivity contribution in [3.8, 4) is 23.7 Å². The number of hydrogen-bond acceptors (Lipinski definition) is 0. The Hall–Kier alpha value is -1.66. The second-order valence-electron chi connectivity index (χ2n) is 12.5. The summed E-state index contributed by atoms with van der Waals surface area (Å²) in [4.78, 5) is 0. The fourth-order valence-corrected chi connectivity index (χ4v) is 9.57. The molecule has 0 unspecified atom stereocenters. The Bertz CT molecular complexity index is 817. The third kappa shape index (κ3) is 3.06. The third-order valence-electron chi connectivity index (χ3n) is 9.91. The minimum absolute atomic E-state index is 0.353. The molecular weight excluding hydrogens is 360 g/mol. The summed E-state index contributed by atoms with van der Waals surface area (Å²) in [5.41, 5.74) is 3.08. The molecule has 0 saturated heterocycles. The molecule has 0 amide bonds. The quantitative estimate of drug-likeness (QED) is 0.423. The van der Waals surface area contributed by atoms with Crippen LogP contribution in [0.2, 0.25) is 0 Å². The average molecular weight is 395 g/mol. The smallest absolute Gasteiger partial charge is 0.0326 e. The number of benzene rings is 1.